The van der Waals surface area contributed by atoms with E-state index in [2.05, 4.69) is 302 Å². The van der Waals surface area contributed by atoms with Gasteiger partial charge in [0.1, 0.15) is 0 Å². The number of fused-ring (bicyclic) bond motifs is 4. The molecule has 1 nitrogen and oxygen atoms in total. The minimum Gasteiger partial charge on any atom is -0.310 e. The third-order valence-corrected chi connectivity index (χ3v) is 14.8. The summed E-state index contributed by atoms with van der Waals surface area (Å²) in [5.74, 6) is 0. The lowest BCUT2D eigenvalue weighted by atomic mass is 9.67. The Morgan fingerprint density at radius 1 is 0.236 bits per heavy atom. The van der Waals surface area contributed by atoms with E-state index < -0.39 is 5.41 Å². The van der Waals surface area contributed by atoms with Gasteiger partial charge in [0.05, 0.1) is 11.1 Å². The van der Waals surface area contributed by atoms with Gasteiger partial charge in [0.15, 0.2) is 0 Å². The zero-order valence-corrected chi connectivity index (χ0v) is 39.7. The van der Waals surface area contributed by atoms with E-state index in [4.69, 9.17) is 0 Å². The number of rotatable bonds is 10. The maximum absolute atomic E-state index is 2.43. The fraction of sp³-hybridized carbons (Fsp3) is 0.0141. The van der Waals surface area contributed by atoms with E-state index in [9.17, 15) is 0 Å². The highest BCUT2D eigenvalue weighted by Gasteiger charge is 2.46. The first-order valence-corrected chi connectivity index (χ1v) is 24.9. The molecule has 0 bridgehead atoms. The lowest BCUT2D eigenvalue weighted by molar-refractivity contribution is 0.768. The topological polar surface area (TPSA) is 3.24 Å². The molecule has 0 aliphatic heterocycles. The van der Waals surface area contributed by atoms with E-state index in [1.54, 1.807) is 0 Å². The van der Waals surface area contributed by atoms with Crippen molar-refractivity contribution in [2.45, 2.75) is 5.41 Å². The van der Waals surface area contributed by atoms with Crippen molar-refractivity contribution in [2.75, 3.05) is 4.90 Å². The summed E-state index contributed by atoms with van der Waals surface area (Å²) in [6.07, 6.45) is 0. The van der Waals surface area contributed by atoms with E-state index >= 15 is 0 Å². The highest BCUT2D eigenvalue weighted by Crippen LogP contribution is 2.58. The van der Waals surface area contributed by atoms with E-state index in [1.165, 1.54) is 83.1 Å². The first kappa shape index (κ1) is 42.8. The van der Waals surface area contributed by atoms with Crippen molar-refractivity contribution in [3.8, 4) is 66.8 Å². The van der Waals surface area contributed by atoms with Crippen molar-refractivity contribution in [3.63, 3.8) is 0 Å². The first-order valence-electron chi connectivity index (χ1n) is 24.9. The van der Waals surface area contributed by atoms with Crippen LogP contribution < -0.4 is 4.90 Å². The number of nitrogens with zero attached hydrogens (tertiary/aromatic N) is 1. The third-order valence-electron chi connectivity index (χ3n) is 14.8. The minimum atomic E-state index is -0.468. The van der Waals surface area contributed by atoms with Crippen LogP contribution in [-0.2, 0) is 5.41 Å². The molecule has 12 aromatic rings. The second-order valence-corrected chi connectivity index (χ2v) is 18.8. The van der Waals surface area contributed by atoms with Gasteiger partial charge in [-0.2, -0.15) is 0 Å². The predicted molar refractivity (Wildman–Crippen MR) is 303 cm³/mol. The van der Waals surface area contributed by atoms with Gasteiger partial charge < -0.3 is 4.90 Å². The molecule has 0 aromatic heterocycles. The fourth-order valence-electron chi connectivity index (χ4n) is 11.4. The van der Waals surface area contributed by atoms with E-state index in [0.717, 1.165) is 33.8 Å². The zero-order valence-electron chi connectivity index (χ0n) is 39.7. The predicted octanol–water partition coefficient (Wildman–Crippen LogP) is 19.0. The number of anilines is 3. The van der Waals surface area contributed by atoms with Gasteiger partial charge >= 0.3 is 0 Å². The Balaban J connectivity index is 0.938. The van der Waals surface area contributed by atoms with Crippen LogP contribution in [0.3, 0.4) is 0 Å². The standard InChI is InChI=1S/C71H49N/c1-4-19-50(20-5-1)56-23-16-25-59(48-56)64-31-13-15-36-69(64)72(63-30-17-24-57(49-63)52-37-39-53(40-38-52)58-42-41-51-21-10-11-22-55(51)47-58)62-45-43-54(44-46-62)65-33-18-35-68-70(65)66-32-12-14-34-67(66)71(68,60-26-6-2-7-27-60)61-28-8-3-9-29-61/h1-49H. The molecule has 0 fully saturated rings. The molecule has 0 amide bonds. The van der Waals surface area contributed by atoms with Gasteiger partial charge in [0.25, 0.3) is 0 Å². The Bertz CT molecular complexity index is 3850. The molecule has 12 aromatic carbocycles. The summed E-state index contributed by atoms with van der Waals surface area (Å²) in [5.41, 5.74) is 22.3. The molecule has 0 unspecified atom stereocenters. The number of para-hydroxylation sites is 1. The highest BCUT2D eigenvalue weighted by molar-refractivity contribution is 5.97. The number of hydrogen-bond acceptors (Lipinski definition) is 1. The Kier molecular flexibility index (Phi) is 10.8. The molecule has 1 heteroatoms. The normalized spacial score (nSPS) is 12.3. The van der Waals surface area contributed by atoms with Crippen molar-refractivity contribution in [1.29, 1.82) is 0 Å². The SMILES string of the molecule is c1ccc(-c2cccc(-c3ccccc3N(c3ccc(-c4cccc5c4-c4ccccc4C5(c4ccccc4)c4ccccc4)cc3)c3cccc(-c4ccc(-c5ccc6ccccc6c5)cc4)c3)c2)cc1. The Morgan fingerprint density at radius 3 is 1.43 bits per heavy atom. The molecule has 0 spiro atoms. The second-order valence-electron chi connectivity index (χ2n) is 18.8. The van der Waals surface area contributed by atoms with Crippen LogP contribution in [0.2, 0.25) is 0 Å². The van der Waals surface area contributed by atoms with Crippen LogP contribution in [0, 0.1) is 0 Å². The van der Waals surface area contributed by atoms with Crippen molar-refractivity contribution < 1.29 is 0 Å². The zero-order chi connectivity index (χ0) is 47.8. The number of hydrogen-bond donors (Lipinski definition) is 0. The Morgan fingerprint density at radius 2 is 0.708 bits per heavy atom. The molecule has 338 valence electrons. The van der Waals surface area contributed by atoms with Crippen molar-refractivity contribution in [2.24, 2.45) is 0 Å². The summed E-state index contributed by atoms with van der Waals surface area (Å²) in [7, 11) is 0. The van der Waals surface area contributed by atoms with Crippen molar-refractivity contribution >= 4 is 27.8 Å². The summed E-state index contributed by atoms with van der Waals surface area (Å²) >= 11 is 0. The van der Waals surface area contributed by atoms with Gasteiger partial charge in [0.2, 0.25) is 0 Å². The van der Waals surface area contributed by atoms with E-state index in [0.29, 0.717) is 0 Å². The van der Waals surface area contributed by atoms with Crippen LogP contribution in [0.15, 0.2) is 297 Å². The lowest BCUT2D eigenvalue weighted by Crippen LogP contribution is -2.28. The summed E-state index contributed by atoms with van der Waals surface area (Å²) in [5, 5.41) is 2.50. The van der Waals surface area contributed by atoms with Crippen LogP contribution in [0.25, 0.3) is 77.5 Å². The summed E-state index contributed by atoms with van der Waals surface area (Å²) in [4.78, 5) is 2.43. The third kappa shape index (κ3) is 7.42. The monoisotopic (exact) mass is 915 g/mol. The molecule has 0 N–H and O–H groups in total. The fourth-order valence-corrected chi connectivity index (χ4v) is 11.4. The molecule has 0 radical (unpaired) electrons. The van der Waals surface area contributed by atoms with Crippen LogP contribution in [0.1, 0.15) is 22.3 Å². The summed E-state index contributed by atoms with van der Waals surface area (Å²) in [6, 6.07) is 109. The molecular formula is C71H49N. The molecule has 0 heterocycles. The van der Waals surface area contributed by atoms with Gasteiger partial charge in [-0.1, -0.05) is 255 Å². The smallest absolute Gasteiger partial charge is 0.0713 e. The van der Waals surface area contributed by atoms with Crippen molar-refractivity contribution in [3.05, 3.63) is 320 Å². The van der Waals surface area contributed by atoms with Gasteiger partial charge in [-0.05, 0) is 137 Å². The van der Waals surface area contributed by atoms with Crippen molar-refractivity contribution in [1.82, 2.24) is 0 Å². The average Bonchev–Trinajstić information content (AvgIpc) is 3.78. The lowest BCUT2D eigenvalue weighted by Gasteiger charge is -2.34. The number of benzene rings is 12. The van der Waals surface area contributed by atoms with Gasteiger partial charge in [0, 0.05) is 16.9 Å². The first-order chi connectivity index (χ1) is 35.7. The Hall–Kier alpha value is -9.30. The largest absolute Gasteiger partial charge is 0.310 e. The Labute approximate surface area is 422 Å². The average molecular weight is 916 g/mol. The summed E-state index contributed by atoms with van der Waals surface area (Å²) < 4.78 is 0. The molecule has 0 saturated carbocycles. The van der Waals surface area contributed by atoms with Crippen LogP contribution in [0.5, 0.6) is 0 Å². The van der Waals surface area contributed by atoms with Crippen LogP contribution >= 0.6 is 0 Å². The maximum Gasteiger partial charge on any atom is 0.0713 e. The van der Waals surface area contributed by atoms with Gasteiger partial charge in [-0.3, -0.25) is 0 Å². The second kappa shape index (κ2) is 18.2. The molecule has 0 atom stereocenters. The highest BCUT2D eigenvalue weighted by atomic mass is 15.1. The van der Waals surface area contributed by atoms with Gasteiger partial charge in [-0.25, -0.2) is 0 Å². The van der Waals surface area contributed by atoms with Gasteiger partial charge in [-0.15, -0.1) is 0 Å². The molecule has 1 aliphatic rings. The van der Waals surface area contributed by atoms with Crippen LogP contribution in [0.4, 0.5) is 17.1 Å². The van der Waals surface area contributed by atoms with Crippen LogP contribution in [-0.4, -0.2) is 0 Å². The maximum atomic E-state index is 2.43. The molecular weight excluding hydrogens is 867 g/mol. The van der Waals surface area contributed by atoms with E-state index in [1.807, 2.05) is 0 Å². The molecule has 72 heavy (non-hydrogen) atoms. The van der Waals surface area contributed by atoms with E-state index in [-0.39, 0.29) is 0 Å². The molecule has 0 saturated heterocycles. The molecule has 13 rings (SSSR count). The quantitative estimate of drug-likeness (QED) is 0.132. The minimum absolute atomic E-state index is 0.468. The molecule has 1 aliphatic carbocycles. The summed E-state index contributed by atoms with van der Waals surface area (Å²) in [6.45, 7) is 0.